The third-order valence-electron chi connectivity index (χ3n) is 2.35. The molecule has 2 aromatic rings. The van der Waals surface area contributed by atoms with Crippen LogP contribution in [-0.4, -0.2) is 9.97 Å². The van der Waals surface area contributed by atoms with Crippen LogP contribution in [0.4, 0.5) is 0 Å². The Labute approximate surface area is 89.2 Å². The molecule has 0 fully saturated rings. The van der Waals surface area contributed by atoms with Crippen molar-refractivity contribution in [2.45, 2.75) is 26.7 Å². The number of oxazole rings is 1. The van der Waals surface area contributed by atoms with Gasteiger partial charge in [0.25, 0.3) is 0 Å². The van der Waals surface area contributed by atoms with Gasteiger partial charge in [-0.1, -0.05) is 19.9 Å². The zero-order valence-electron chi connectivity index (χ0n) is 9.19. The molecule has 2 heterocycles. The molecule has 0 saturated carbocycles. The Morgan fingerprint density at radius 3 is 2.67 bits per heavy atom. The minimum absolute atomic E-state index is 0.429. The Morgan fingerprint density at radius 1 is 1.27 bits per heavy atom. The van der Waals surface area contributed by atoms with E-state index in [1.807, 2.05) is 13.0 Å². The Kier molecular flexibility index (Phi) is 2.54. The van der Waals surface area contributed by atoms with E-state index in [1.54, 1.807) is 6.20 Å². The van der Waals surface area contributed by atoms with Crippen molar-refractivity contribution in [2.75, 3.05) is 0 Å². The fourth-order valence-corrected chi connectivity index (χ4v) is 1.56. The van der Waals surface area contributed by atoms with Crippen LogP contribution < -0.4 is 0 Å². The Hall–Kier alpha value is -1.64. The Balaban J connectivity index is 2.58. The average molecular weight is 202 g/mol. The second-order valence-corrected chi connectivity index (χ2v) is 3.91. The van der Waals surface area contributed by atoms with Crippen molar-refractivity contribution in [3.63, 3.8) is 0 Å². The van der Waals surface area contributed by atoms with Gasteiger partial charge in [-0.2, -0.15) is 0 Å². The van der Waals surface area contributed by atoms with Crippen molar-refractivity contribution in [3.05, 3.63) is 36.0 Å². The van der Waals surface area contributed by atoms with Crippen molar-refractivity contribution < 1.29 is 4.42 Å². The molecule has 2 rings (SSSR count). The predicted octanol–water partition coefficient (Wildman–Crippen LogP) is 3.17. The molecule has 2 aromatic heterocycles. The van der Waals surface area contributed by atoms with Crippen molar-refractivity contribution >= 4 is 0 Å². The van der Waals surface area contributed by atoms with Crippen LogP contribution in [0.25, 0.3) is 11.5 Å². The van der Waals surface area contributed by atoms with Gasteiger partial charge in [0, 0.05) is 5.69 Å². The fourth-order valence-electron chi connectivity index (χ4n) is 1.56. The lowest BCUT2D eigenvalue weighted by Gasteiger charge is -2.10. The summed E-state index contributed by atoms with van der Waals surface area (Å²) in [6.45, 7) is 6.27. The SMILES string of the molecule is Cc1ccc(C(C)C)c(-c2cnco2)n1. The number of aromatic nitrogens is 2. The smallest absolute Gasteiger partial charge is 0.181 e. The van der Waals surface area contributed by atoms with E-state index in [9.17, 15) is 0 Å². The minimum atomic E-state index is 0.429. The monoisotopic (exact) mass is 202 g/mol. The molecule has 0 radical (unpaired) electrons. The van der Waals surface area contributed by atoms with Gasteiger partial charge in [-0.05, 0) is 24.5 Å². The van der Waals surface area contributed by atoms with Gasteiger partial charge >= 0.3 is 0 Å². The standard InChI is InChI=1S/C12H14N2O/c1-8(2)10-5-4-9(3)14-12(10)11-6-13-7-15-11/h4-8H,1-3H3. The van der Waals surface area contributed by atoms with Crippen molar-refractivity contribution in [1.82, 2.24) is 9.97 Å². The van der Waals surface area contributed by atoms with Gasteiger partial charge in [-0.25, -0.2) is 9.97 Å². The second kappa shape index (κ2) is 3.85. The summed E-state index contributed by atoms with van der Waals surface area (Å²) < 4.78 is 5.29. The normalized spacial score (nSPS) is 10.9. The zero-order chi connectivity index (χ0) is 10.8. The first-order chi connectivity index (χ1) is 7.18. The highest BCUT2D eigenvalue weighted by Crippen LogP contribution is 2.27. The summed E-state index contributed by atoms with van der Waals surface area (Å²) in [7, 11) is 0. The van der Waals surface area contributed by atoms with E-state index < -0.39 is 0 Å². The number of hydrogen-bond acceptors (Lipinski definition) is 3. The maximum Gasteiger partial charge on any atom is 0.181 e. The molecule has 0 unspecified atom stereocenters. The highest BCUT2D eigenvalue weighted by Gasteiger charge is 2.12. The lowest BCUT2D eigenvalue weighted by Crippen LogP contribution is -1.96. The molecule has 0 atom stereocenters. The predicted molar refractivity (Wildman–Crippen MR) is 58.6 cm³/mol. The average Bonchev–Trinajstić information content (AvgIpc) is 2.69. The number of pyridine rings is 1. The molecule has 0 aliphatic rings. The van der Waals surface area contributed by atoms with E-state index in [0.717, 1.165) is 17.1 Å². The number of aryl methyl sites for hydroxylation is 1. The molecule has 0 spiro atoms. The molecule has 0 amide bonds. The van der Waals surface area contributed by atoms with Crippen LogP contribution >= 0.6 is 0 Å². The highest BCUT2D eigenvalue weighted by molar-refractivity contribution is 5.57. The topological polar surface area (TPSA) is 38.9 Å². The molecule has 78 valence electrons. The van der Waals surface area contributed by atoms with Gasteiger partial charge in [0.15, 0.2) is 12.2 Å². The quantitative estimate of drug-likeness (QED) is 0.750. The van der Waals surface area contributed by atoms with Gasteiger partial charge in [0.1, 0.15) is 5.69 Å². The highest BCUT2D eigenvalue weighted by atomic mass is 16.3. The first-order valence-electron chi connectivity index (χ1n) is 5.05. The van der Waals surface area contributed by atoms with E-state index in [-0.39, 0.29) is 0 Å². The summed E-state index contributed by atoms with van der Waals surface area (Å²) in [6.07, 6.45) is 3.14. The summed E-state index contributed by atoms with van der Waals surface area (Å²) in [5.41, 5.74) is 3.09. The van der Waals surface area contributed by atoms with Gasteiger partial charge in [-0.15, -0.1) is 0 Å². The molecule has 3 nitrogen and oxygen atoms in total. The first-order valence-corrected chi connectivity index (χ1v) is 5.05. The lowest BCUT2D eigenvalue weighted by atomic mass is 10.00. The molecular formula is C12H14N2O. The van der Waals surface area contributed by atoms with E-state index in [4.69, 9.17) is 4.42 Å². The molecule has 0 saturated heterocycles. The van der Waals surface area contributed by atoms with Crippen LogP contribution in [0.3, 0.4) is 0 Å². The van der Waals surface area contributed by atoms with Gasteiger partial charge < -0.3 is 4.42 Å². The molecule has 0 bridgehead atoms. The molecule has 0 aliphatic carbocycles. The van der Waals surface area contributed by atoms with Crippen LogP contribution in [0.2, 0.25) is 0 Å². The molecule has 15 heavy (non-hydrogen) atoms. The zero-order valence-corrected chi connectivity index (χ0v) is 9.19. The van der Waals surface area contributed by atoms with E-state index in [1.165, 1.54) is 12.0 Å². The fraction of sp³-hybridized carbons (Fsp3) is 0.333. The summed E-state index contributed by atoms with van der Waals surface area (Å²) in [6, 6.07) is 4.13. The van der Waals surface area contributed by atoms with Crippen LogP contribution in [0.1, 0.15) is 31.0 Å². The lowest BCUT2D eigenvalue weighted by molar-refractivity contribution is 0.568. The Bertz CT molecular complexity index is 447. The molecule has 3 heteroatoms. The van der Waals surface area contributed by atoms with E-state index in [2.05, 4.69) is 29.9 Å². The maximum atomic E-state index is 5.29. The molecule has 0 aliphatic heterocycles. The summed E-state index contributed by atoms with van der Waals surface area (Å²) in [5, 5.41) is 0. The number of rotatable bonds is 2. The van der Waals surface area contributed by atoms with Crippen LogP contribution in [0, 0.1) is 6.92 Å². The molecule has 0 N–H and O–H groups in total. The van der Waals surface area contributed by atoms with Gasteiger partial charge in [0.2, 0.25) is 0 Å². The van der Waals surface area contributed by atoms with Crippen LogP contribution in [0.5, 0.6) is 0 Å². The van der Waals surface area contributed by atoms with Crippen molar-refractivity contribution in [2.24, 2.45) is 0 Å². The summed E-state index contributed by atoms with van der Waals surface area (Å²) in [5.74, 6) is 1.17. The van der Waals surface area contributed by atoms with E-state index >= 15 is 0 Å². The number of nitrogens with zero attached hydrogens (tertiary/aromatic N) is 2. The van der Waals surface area contributed by atoms with E-state index in [0.29, 0.717) is 5.92 Å². The largest absolute Gasteiger partial charge is 0.442 e. The first kappa shape index (κ1) is 9.90. The Morgan fingerprint density at radius 2 is 2.07 bits per heavy atom. The van der Waals surface area contributed by atoms with Crippen LogP contribution in [-0.2, 0) is 0 Å². The van der Waals surface area contributed by atoms with Crippen molar-refractivity contribution in [3.8, 4) is 11.5 Å². The minimum Gasteiger partial charge on any atom is -0.442 e. The summed E-state index contributed by atoms with van der Waals surface area (Å²) in [4.78, 5) is 8.43. The number of hydrogen-bond donors (Lipinski definition) is 0. The van der Waals surface area contributed by atoms with Crippen LogP contribution in [0.15, 0.2) is 29.1 Å². The van der Waals surface area contributed by atoms with Gasteiger partial charge in [0.05, 0.1) is 6.20 Å². The molecular weight excluding hydrogens is 188 g/mol. The third-order valence-corrected chi connectivity index (χ3v) is 2.35. The second-order valence-electron chi connectivity index (χ2n) is 3.91. The summed E-state index contributed by atoms with van der Waals surface area (Å²) >= 11 is 0. The third kappa shape index (κ3) is 1.91. The molecule has 0 aromatic carbocycles. The maximum absolute atomic E-state index is 5.29. The van der Waals surface area contributed by atoms with Gasteiger partial charge in [-0.3, -0.25) is 0 Å². The van der Waals surface area contributed by atoms with Crippen molar-refractivity contribution in [1.29, 1.82) is 0 Å².